The van der Waals surface area contributed by atoms with E-state index in [2.05, 4.69) is 14.5 Å². The zero-order valence-electron chi connectivity index (χ0n) is 6.32. The van der Waals surface area contributed by atoms with Crippen LogP contribution in [-0.2, 0) is 4.52 Å². The van der Waals surface area contributed by atoms with Gasteiger partial charge in [-0.25, -0.2) is 0 Å². The Kier molecular flexibility index (Phi) is 3.06. The van der Waals surface area contributed by atoms with Crippen LogP contribution in [0, 0.1) is 0 Å². The van der Waals surface area contributed by atoms with Crippen LogP contribution in [0.5, 0.6) is 0 Å². The smallest absolute Gasteiger partial charge is 0.0911 e. The largest absolute Gasteiger partial charge is 0.488 e. The Balaban J connectivity index is 2.85. The van der Waals surface area contributed by atoms with Gasteiger partial charge in [-0.2, -0.15) is 0 Å². The van der Waals surface area contributed by atoms with Gasteiger partial charge in [-0.05, 0) is 19.1 Å². The normalized spacial score (nSPS) is 11.3. The van der Waals surface area contributed by atoms with Gasteiger partial charge in [-0.1, -0.05) is 6.07 Å². The highest BCUT2D eigenvalue weighted by Gasteiger charge is 1.93. The Morgan fingerprint density at radius 1 is 1.64 bits per heavy atom. The van der Waals surface area contributed by atoms with Crippen molar-refractivity contribution in [2.24, 2.45) is 0 Å². The maximum Gasteiger partial charge on any atom is 0.0911 e. The second kappa shape index (κ2) is 4.09. The third-order valence-corrected chi connectivity index (χ3v) is 1.45. The average Bonchev–Trinajstić information content (AvgIpc) is 2.07. The van der Waals surface area contributed by atoms with Crippen LogP contribution in [0.1, 0.15) is 12.6 Å². The summed E-state index contributed by atoms with van der Waals surface area (Å²) in [5.74, 6) is 0. The Morgan fingerprint density at radius 2 is 2.45 bits per heavy atom. The summed E-state index contributed by atoms with van der Waals surface area (Å²) >= 11 is 0. The first-order valence-electron chi connectivity index (χ1n) is 3.28. The molecule has 0 saturated carbocycles. The van der Waals surface area contributed by atoms with Crippen molar-refractivity contribution in [3.63, 3.8) is 0 Å². The first-order chi connectivity index (χ1) is 5.34. The molecule has 1 heterocycles. The molecule has 1 unspecified atom stereocenters. The van der Waals surface area contributed by atoms with Crippen LogP contribution in [0.4, 0.5) is 0 Å². The van der Waals surface area contributed by atoms with Crippen molar-refractivity contribution in [1.82, 2.24) is 4.98 Å². The second-order valence-corrected chi connectivity index (χ2v) is 2.42. The van der Waals surface area contributed by atoms with Crippen LogP contribution >= 0.6 is 9.47 Å². The van der Waals surface area contributed by atoms with Crippen LogP contribution in [0.3, 0.4) is 0 Å². The van der Waals surface area contributed by atoms with Crippen molar-refractivity contribution >= 4 is 15.0 Å². The molecule has 2 nitrogen and oxygen atoms in total. The summed E-state index contributed by atoms with van der Waals surface area (Å²) in [5, 5.41) is 0. The molecule has 0 fully saturated rings. The number of pyridine rings is 1. The van der Waals surface area contributed by atoms with Gasteiger partial charge in [0, 0.05) is 11.8 Å². The molecule has 0 aliphatic heterocycles. The van der Waals surface area contributed by atoms with E-state index in [9.17, 15) is 0 Å². The van der Waals surface area contributed by atoms with Crippen LogP contribution in [0.25, 0.3) is 5.57 Å². The Labute approximate surface area is 68.6 Å². The standard InChI is InChI=1S/C8H10NOP/c1-7(6-10-11)8-4-2-3-5-9-8/h2-6H,11H2,1H3/b7-6-. The van der Waals surface area contributed by atoms with E-state index in [-0.39, 0.29) is 0 Å². The minimum atomic E-state index is 0.940. The minimum Gasteiger partial charge on any atom is -0.488 e. The molecule has 1 atom stereocenters. The van der Waals surface area contributed by atoms with Crippen molar-refractivity contribution in [3.8, 4) is 0 Å². The lowest BCUT2D eigenvalue weighted by Gasteiger charge is -1.97. The summed E-state index contributed by atoms with van der Waals surface area (Å²) < 4.78 is 4.77. The predicted octanol–water partition coefficient (Wildman–Crippen LogP) is 2.25. The quantitative estimate of drug-likeness (QED) is 0.497. The number of aromatic nitrogens is 1. The molecule has 0 saturated heterocycles. The Morgan fingerprint density at radius 3 is 3.00 bits per heavy atom. The lowest BCUT2D eigenvalue weighted by Crippen LogP contribution is -1.82. The first kappa shape index (κ1) is 8.22. The molecule has 0 aliphatic rings. The molecule has 0 spiro atoms. The van der Waals surface area contributed by atoms with Gasteiger partial charge in [0.1, 0.15) is 0 Å². The zero-order chi connectivity index (χ0) is 8.10. The molecule has 0 amide bonds. The summed E-state index contributed by atoms with van der Waals surface area (Å²) in [5.41, 5.74) is 1.95. The van der Waals surface area contributed by atoms with Gasteiger partial charge < -0.3 is 4.52 Å². The van der Waals surface area contributed by atoms with Gasteiger partial charge in [0.15, 0.2) is 0 Å². The number of allylic oxidation sites excluding steroid dienone is 1. The van der Waals surface area contributed by atoms with E-state index in [0.717, 1.165) is 11.3 Å². The van der Waals surface area contributed by atoms with Gasteiger partial charge in [0.2, 0.25) is 0 Å². The third-order valence-electron chi connectivity index (χ3n) is 1.31. The molecule has 0 bridgehead atoms. The maximum atomic E-state index is 4.77. The molecule has 58 valence electrons. The van der Waals surface area contributed by atoms with E-state index < -0.39 is 0 Å². The molecule has 0 aliphatic carbocycles. The highest BCUT2D eigenvalue weighted by molar-refractivity contribution is 7.10. The number of hydrogen-bond acceptors (Lipinski definition) is 2. The highest BCUT2D eigenvalue weighted by Crippen LogP contribution is 2.10. The second-order valence-electron chi connectivity index (χ2n) is 2.15. The maximum absolute atomic E-state index is 4.77. The molecule has 0 N–H and O–H groups in total. The van der Waals surface area contributed by atoms with Crippen LogP contribution in [0.2, 0.25) is 0 Å². The summed E-state index contributed by atoms with van der Waals surface area (Å²) in [6, 6.07) is 5.77. The topological polar surface area (TPSA) is 22.1 Å². The van der Waals surface area contributed by atoms with Gasteiger partial charge in [0.25, 0.3) is 0 Å². The van der Waals surface area contributed by atoms with E-state index in [0.29, 0.717) is 0 Å². The van der Waals surface area contributed by atoms with E-state index >= 15 is 0 Å². The molecule has 1 aromatic rings. The molecule has 0 aromatic carbocycles. The van der Waals surface area contributed by atoms with E-state index in [1.165, 1.54) is 0 Å². The van der Waals surface area contributed by atoms with Gasteiger partial charge >= 0.3 is 0 Å². The van der Waals surface area contributed by atoms with E-state index in [1.54, 1.807) is 12.5 Å². The average molecular weight is 167 g/mol. The van der Waals surface area contributed by atoms with Crippen molar-refractivity contribution < 1.29 is 4.52 Å². The number of rotatable bonds is 2. The van der Waals surface area contributed by atoms with Gasteiger partial charge in [-0.15, -0.1) is 0 Å². The van der Waals surface area contributed by atoms with Crippen molar-refractivity contribution in [3.05, 3.63) is 36.4 Å². The molecule has 11 heavy (non-hydrogen) atoms. The number of hydrogen-bond donors (Lipinski definition) is 0. The molecule has 3 heteroatoms. The van der Waals surface area contributed by atoms with Crippen molar-refractivity contribution in [1.29, 1.82) is 0 Å². The monoisotopic (exact) mass is 167 g/mol. The van der Waals surface area contributed by atoms with Crippen molar-refractivity contribution in [2.75, 3.05) is 0 Å². The summed E-state index contributed by atoms with van der Waals surface area (Å²) in [4.78, 5) is 4.14. The Bertz CT molecular complexity index is 246. The van der Waals surface area contributed by atoms with E-state index in [4.69, 9.17) is 4.52 Å². The zero-order valence-corrected chi connectivity index (χ0v) is 7.47. The molecule has 0 radical (unpaired) electrons. The summed E-state index contributed by atoms with van der Waals surface area (Å²) in [6.07, 6.45) is 3.41. The molecule has 1 aromatic heterocycles. The van der Waals surface area contributed by atoms with Crippen molar-refractivity contribution in [2.45, 2.75) is 6.92 Å². The van der Waals surface area contributed by atoms with Gasteiger partial charge in [0.05, 0.1) is 21.4 Å². The molecular weight excluding hydrogens is 157 g/mol. The Hall–Kier alpha value is -0.880. The van der Waals surface area contributed by atoms with Crippen LogP contribution in [-0.4, -0.2) is 4.98 Å². The fourth-order valence-corrected chi connectivity index (χ4v) is 0.963. The summed E-state index contributed by atoms with van der Waals surface area (Å²) in [6.45, 7) is 1.95. The lowest BCUT2D eigenvalue weighted by atomic mass is 10.2. The summed E-state index contributed by atoms with van der Waals surface area (Å²) in [7, 11) is 2.17. The van der Waals surface area contributed by atoms with Gasteiger partial charge in [-0.3, -0.25) is 4.98 Å². The van der Waals surface area contributed by atoms with Crippen LogP contribution < -0.4 is 0 Å². The SMILES string of the molecule is C/C(=C/OP)c1ccccn1. The number of nitrogens with zero attached hydrogens (tertiary/aromatic N) is 1. The van der Waals surface area contributed by atoms with Crippen LogP contribution in [0.15, 0.2) is 30.7 Å². The molecule has 1 rings (SSSR count). The molecular formula is C8H10NOP. The fraction of sp³-hybridized carbons (Fsp3) is 0.125. The third kappa shape index (κ3) is 2.32. The van der Waals surface area contributed by atoms with E-state index in [1.807, 2.05) is 25.1 Å². The lowest BCUT2D eigenvalue weighted by molar-refractivity contribution is 0.566. The predicted molar refractivity (Wildman–Crippen MR) is 48.7 cm³/mol. The minimum absolute atomic E-state index is 0.940. The first-order valence-corrected chi connectivity index (χ1v) is 3.75. The highest BCUT2D eigenvalue weighted by atomic mass is 31.0. The fourth-order valence-electron chi connectivity index (χ4n) is 0.758.